The quantitative estimate of drug-likeness (QED) is 0.309. The predicted molar refractivity (Wildman–Crippen MR) is 136 cm³/mol. The molecule has 178 valence electrons. The molecule has 0 radical (unpaired) electrons. The monoisotopic (exact) mass is 526 g/mol. The Morgan fingerprint density at radius 3 is 2.32 bits per heavy atom. The number of nitrogens with one attached hydrogen (secondary N) is 2. The molecule has 0 saturated heterocycles. The lowest BCUT2D eigenvalue weighted by Gasteiger charge is -2.16. The van der Waals surface area contributed by atoms with E-state index in [1.54, 1.807) is 24.3 Å². The van der Waals surface area contributed by atoms with Crippen LogP contribution in [0, 0.1) is 13.8 Å². The maximum absolute atomic E-state index is 12.3. The molecule has 3 aromatic carbocycles. The third-order valence-electron chi connectivity index (χ3n) is 5.05. The second-order valence-electron chi connectivity index (χ2n) is 7.71. The number of carboxylic acids is 1. The number of halogens is 1. The van der Waals surface area contributed by atoms with Gasteiger partial charge in [0, 0.05) is 22.4 Å². The van der Waals surface area contributed by atoms with Gasteiger partial charge in [0.2, 0.25) is 0 Å². The number of rotatable bonds is 10. The number of ether oxygens (including phenoxy) is 2. The molecule has 3 aromatic rings. The van der Waals surface area contributed by atoms with Crippen molar-refractivity contribution in [3.63, 3.8) is 0 Å². The zero-order chi connectivity index (χ0) is 24.7. The van der Waals surface area contributed by atoms with Crippen molar-refractivity contribution in [2.45, 2.75) is 27.3 Å². The average Bonchev–Trinajstić information content (AvgIpc) is 2.80. The predicted octanol–water partition coefficient (Wildman–Crippen LogP) is 5.79. The Hall–Kier alpha value is -3.52. The third-order valence-corrected chi connectivity index (χ3v) is 5.79. The highest BCUT2D eigenvalue weighted by Crippen LogP contribution is 2.34. The van der Waals surface area contributed by atoms with E-state index in [1.807, 2.05) is 51.1 Å². The Morgan fingerprint density at radius 1 is 0.971 bits per heavy atom. The Balaban J connectivity index is 1.68. The van der Waals surface area contributed by atoms with Crippen molar-refractivity contribution in [3.8, 4) is 11.5 Å². The standard InChI is InChI=1S/C26H27BrN2O5/c1-4-33-23-12-19(14-28-22-10-7-18(26(31)32)11-17(22)3)21(27)13-24(23)34-15-25(30)29-20-8-5-16(2)6-9-20/h5-13,28H,4,14-15H2,1-3H3,(H,29,30)(H,31,32). The number of carbonyl (C=O) groups is 2. The van der Waals surface area contributed by atoms with Crippen LogP contribution in [0.1, 0.15) is 34.0 Å². The molecule has 0 aliphatic rings. The molecule has 0 aliphatic carbocycles. The molecule has 1 amide bonds. The molecule has 0 spiro atoms. The van der Waals surface area contributed by atoms with Crippen LogP contribution in [0.3, 0.4) is 0 Å². The first-order chi connectivity index (χ1) is 16.3. The molecule has 0 saturated carbocycles. The maximum atomic E-state index is 12.3. The first-order valence-electron chi connectivity index (χ1n) is 10.8. The fourth-order valence-corrected chi connectivity index (χ4v) is 3.72. The summed E-state index contributed by atoms with van der Waals surface area (Å²) in [6.45, 7) is 6.47. The van der Waals surface area contributed by atoms with Crippen molar-refractivity contribution in [2.75, 3.05) is 23.8 Å². The van der Waals surface area contributed by atoms with Gasteiger partial charge < -0.3 is 25.2 Å². The van der Waals surface area contributed by atoms with Crippen LogP contribution in [0.4, 0.5) is 11.4 Å². The van der Waals surface area contributed by atoms with Gasteiger partial charge in [0.05, 0.1) is 12.2 Å². The summed E-state index contributed by atoms with van der Waals surface area (Å²) in [5, 5.41) is 15.3. The van der Waals surface area contributed by atoms with E-state index < -0.39 is 5.97 Å². The summed E-state index contributed by atoms with van der Waals surface area (Å²) in [7, 11) is 0. The van der Waals surface area contributed by atoms with Crippen LogP contribution >= 0.6 is 15.9 Å². The summed E-state index contributed by atoms with van der Waals surface area (Å²) >= 11 is 3.57. The molecular formula is C26H27BrN2O5. The van der Waals surface area contributed by atoms with Gasteiger partial charge in [-0.05, 0) is 74.4 Å². The summed E-state index contributed by atoms with van der Waals surface area (Å²) in [6.07, 6.45) is 0. The zero-order valence-electron chi connectivity index (χ0n) is 19.3. The van der Waals surface area contributed by atoms with Gasteiger partial charge in [-0.3, -0.25) is 4.79 Å². The van der Waals surface area contributed by atoms with E-state index in [4.69, 9.17) is 14.6 Å². The minimum Gasteiger partial charge on any atom is -0.490 e. The van der Waals surface area contributed by atoms with Gasteiger partial charge in [-0.2, -0.15) is 0 Å². The van der Waals surface area contributed by atoms with Crippen LogP contribution in [0.2, 0.25) is 0 Å². The molecule has 0 unspecified atom stereocenters. The van der Waals surface area contributed by atoms with E-state index in [0.29, 0.717) is 30.3 Å². The zero-order valence-corrected chi connectivity index (χ0v) is 20.9. The van der Waals surface area contributed by atoms with Crippen LogP contribution in [0.25, 0.3) is 0 Å². The normalized spacial score (nSPS) is 10.5. The van der Waals surface area contributed by atoms with Gasteiger partial charge in [0.1, 0.15) is 0 Å². The smallest absolute Gasteiger partial charge is 0.335 e. The van der Waals surface area contributed by atoms with Crippen LogP contribution < -0.4 is 20.1 Å². The Kier molecular flexibility index (Phi) is 8.54. The molecule has 0 aliphatic heterocycles. The number of carboxylic acid groups (broad SMARTS) is 1. The van der Waals surface area contributed by atoms with Gasteiger partial charge in [0.15, 0.2) is 18.1 Å². The second kappa shape index (κ2) is 11.6. The SMILES string of the molecule is CCOc1cc(CNc2ccc(C(=O)O)cc2C)c(Br)cc1OCC(=O)Nc1ccc(C)cc1. The number of hydrogen-bond donors (Lipinski definition) is 3. The van der Waals surface area contributed by atoms with Gasteiger partial charge in [-0.1, -0.05) is 33.6 Å². The number of aryl methyl sites for hydroxylation is 2. The lowest BCUT2D eigenvalue weighted by molar-refractivity contribution is -0.118. The van der Waals surface area contributed by atoms with E-state index in [0.717, 1.165) is 26.9 Å². The van der Waals surface area contributed by atoms with E-state index in [9.17, 15) is 9.59 Å². The topological polar surface area (TPSA) is 96.9 Å². The summed E-state index contributed by atoms with van der Waals surface area (Å²) in [4.78, 5) is 23.5. The first kappa shape index (κ1) is 25.1. The minimum atomic E-state index is -0.957. The van der Waals surface area contributed by atoms with E-state index in [-0.39, 0.29) is 18.1 Å². The number of amides is 1. The molecule has 7 nitrogen and oxygen atoms in total. The molecule has 34 heavy (non-hydrogen) atoms. The van der Waals surface area contributed by atoms with Crippen LogP contribution in [-0.4, -0.2) is 30.2 Å². The second-order valence-corrected chi connectivity index (χ2v) is 8.57. The number of hydrogen-bond acceptors (Lipinski definition) is 5. The molecule has 3 rings (SSSR count). The molecule has 8 heteroatoms. The van der Waals surface area contributed by atoms with Crippen molar-refractivity contribution in [3.05, 3.63) is 81.3 Å². The fraction of sp³-hybridized carbons (Fsp3) is 0.231. The Bertz CT molecular complexity index is 1180. The van der Waals surface area contributed by atoms with Crippen LogP contribution in [-0.2, 0) is 11.3 Å². The van der Waals surface area contributed by atoms with Crippen LogP contribution in [0.5, 0.6) is 11.5 Å². The fourth-order valence-electron chi connectivity index (χ4n) is 3.26. The highest BCUT2D eigenvalue weighted by atomic mass is 79.9. The molecule has 3 N–H and O–H groups in total. The summed E-state index contributed by atoms with van der Waals surface area (Å²) in [5.41, 5.74) is 4.65. The minimum absolute atomic E-state index is 0.160. The maximum Gasteiger partial charge on any atom is 0.335 e. The van der Waals surface area contributed by atoms with E-state index >= 15 is 0 Å². The van der Waals surface area contributed by atoms with Gasteiger partial charge in [0.25, 0.3) is 5.91 Å². The summed E-state index contributed by atoms with van der Waals surface area (Å²) < 4.78 is 12.3. The van der Waals surface area contributed by atoms with Gasteiger partial charge in [-0.25, -0.2) is 4.79 Å². The molecule has 0 atom stereocenters. The van der Waals surface area contributed by atoms with Crippen LogP contribution in [0.15, 0.2) is 59.1 Å². The molecule has 0 heterocycles. The highest BCUT2D eigenvalue weighted by molar-refractivity contribution is 9.10. The first-order valence-corrected chi connectivity index (χ1v) is 11.6. The van der Waals surface area contributed by atoms with Crippen molar-refractivity contribution in [2.24, 2.45) is 0 Å². The molecule has 0 aromatic heterocycles. The number of anilines is 2. The number of aromatic carboxylic acids is 1. The van der Waals surface area contributed by atoms with Crippen molar-refractivity contribution >= 4 is 39.2 Å². The molecule has 0 bridgehead atoms. The third kappa shape index (κ3) is 6.74. The van der Waals surface area contributed by atoms with Gasteiger partial charge in [-0.15, -0.1) is 0 Å². The highest BCUT2D eigenvalue weighted by Gasteiger charge is 2.14. The largest absolute Gasteiger partial charge is 0.490 e. The summed E-state index contributed by atoms with van der Waals surface area (Å²) in [6, 6.07) is 16.1. The van der Waals surface area contributed by atoms with Crippen molar-refractivity contribution in [1.82, 2.24) is 0 Å². The Morgan fingerprint density at radius 2 is 1.68 bits per heavy atom. The number of benzene rings is 3. The Labute approximate surface area is 207 Å². The molecule has 0 fully saturated rings. The lowest BCUT2D eigenvalue weighted by atomic mass is 10.1. The lowest BCUT2D eigenvalue weighted by Crippen LogP contribution is -2.20. The van der Waals surface area contributed by atoms with E-state index in [2.05, 4.69) is 26.6 Å². The molecular weight excluding hydrogens is 500 g/mol. The average molecular weight is 527 g/mol. The van der Waals surface area contributed by atoms with E-state index in [1.165, 1.54) is 0 Å². The number of carbonyl (C=O) groups excluding carboxylic acids is 1. The van der Waals surface area contributed by atoms with Crippen molar-refractivity contribution in [1.29, 1.82) is 0 Å². The van der Waals surface area contributed by atoms with Gasteiger partial charge >= 0.3 is 5.97 Å². The van der Waals surface area contributed by atoms with Crippen molar-refractivity contribution < 1.29 is 24.2 Å². The summed E-state index contributed by atoms with van der Waals surface area (Å²) in [5.74, 6) is -0.238.